The van der Waals surface area contributed by atoms with Crippen molar-refractivity contribution >= 4 is 5.97 Å². The van der Waals surface area contributed by atoms with Gasteiger partial charge in [-0.05, 0) is 50.7 Å². The maximum absolute atomic E-state index is 11.7. The van der Waals surface area contributed by atoms with Crippen molar-refractivity contribution in [1.82, 2.24) is 4.98 Å². The van der Waals surface area contributed by atoms with E-state index in [4.69, 9.17) is 0 Å². The van der Waals surface area contributed by atoms with Crippen molar-refractivity contribution in [3.8, 4) is 0 Å². The third-order valence-corrected chi connectivity index (χ3v) is 3.97. The van der Waals surface area contributed by atoms with Crippen LogP contribution in [0.3, 0.4) is 0 Å². The quantitative estimate of drug-likeness (QED) is 0.735. The number of hydrogen-bond donors (Lipinski definition) is 3. The van der Waals surface area contributed by atoms with E-state index in [0.717, 1.165) is 16.8 Å². The van der Waals surface area contributed by atoms with Gasteiger partial charge in [0, 0.05) is 11.9 Å². The molecule has 94 valence electrons. The van der Waals surface area contributed by atoms with E-state index in [9.17, 15) is 15.0 Å². The monoisotopic (exact) mass is 237 g/mol. The molecule has 1 aromatic rings. The Balaban J connectivity index is 2.46. The number of aryl methyl sites for hydroxylation is 2. The normalized spacial score (nSPS) is 29.2. The molecule has 0 amide bonds. The van der Waals surface area contributed by atoms with Crippen LogP contribution in [0.1, 0.15) is 42.5 Å². The summed E-state index contributed by atoms with van der Waals surface area (Å²) in [7, 11) is 0. The van der Waals surface area contributed by atoms with Crippen LogP contribution in [-0.2, 0) is 10.2 Å². The molecule has 2 rings (SSSR count). The first-order valence-electron chi connectivity index (χ1n) is 6.04. The number of carboxylic acids is 1. The summed E-state index contributed by atoms with van der Waals surface area (Å²) in [5.41, 5.74) is 2.03. The van der Waals surface area contributed by atoms with Gasteiger partial charge in [0.25, 0.3) is 0 Å². The SMILES string of the molecule is Cc1c[nH]c(C)c1C1(C(=O)O)CCC(O)CC1. The number of aromatic nitrogens is 1. The van der Waals surface area contributed by atoms with E-state index in [0.29, 0.717) is 25.7 Å². The van der Waals surface area contributed by atoms with Crippen molar-refractivity contribution < 1.29 is 15.0 Å². The lowest BCUT2D eigenvalue weighted by atomic mass is 9.67. The van der Waals surface area contributed by atoms with Crippen LogP contribution in [0.25, 0.3) is 0 Å². The highest BCUT2D eigenvalue weighted by Gasteiger charge is 2.45. The third-order valence-electron chi connectivity index (χ3n) is 3.97. The van der Waals surface area contributed by atoms with Crippen LogP contribution in [0.15, 0.2) is 6.20 Å². The smallest absolute Gasteiger partial charge is 0.314 e. The van der Waals surface area contributed by atoms with Crippen LogP contribution < -0.4 is 0 Å². The van der Waals surface area contributed by atoms with E-state index < -0.39 is 11.4 Å². The first-order valence-corrected chi connectivity index (χ1v) is 6.04. The van der Waals surface area contributed by atoms with Gasteiger partial charge in [-0.25, -0.2) is 0 Å². The van der Waals surface area contributed by atoms with Gasteiger partial charge in [-0.2, -0.15) is 0 Å². The van der Waals surface area contributed by atoms with E-state index in [1.165, 1.54) is 0 Å². The zero-order chi connectivity index (χ0) is 12.6. The van der Waals surface area contributed by atoms with Crippen LogP contribution in [-0.4, -0.2) is 27.3 Å². The molecule has 0 radical (unpaired) electrons. The van der Waals surface area contributed by atoms with Crippen LogP contribution in [0.2, 0.25) is 0 Å². The van der Waals surface area contributed by atoms with E-state index in [1.807, 2.05) is 20.0 Å². The maximum atomic E-state index is 11.7. The average molecular weight is 237 g/mol. The Kier molecular flexibility index (Phi) is 3.00. The van der Waals surface area contributed by atoms with E-state index in [1.54, 1.807) is 0 Å². The minimum absolute atomic E-state index is 0.345. The number of aliphatic hydroxyl groups excluding tert-OH is 1. The summed E-state index contributed by atoms with van der Waals surface area (Å²) in [6.45, 7) is 3.85. The Hall–Kier alpha value is -1.29. The van der Waals surface area contributed by atoms with E-state index >= 15 is 0 Å². The molecule has 0 spiro atoms. The first-order chi connectivity index (χ1) is 7.97. The number of carboxylic acid groups (broad SMARTS) is 1. The number of aliphatic hydroxyl groups is 1. The Bertz CT molecular complexity index is 408. The molecule has 1 saturated carbocycles. The van der Waals surface area contributed by atoms with Crippen molar-refractivity contribution in [2.45, 2.75) is 51.0 Å². The molecule has 3 N–H and O–H groups in total. The molecule has 0 saturated heterocycles. The lowest BCUT2D eigenvalue weighted by Crippen LogP contribution is -2.41. The van der Waals surface area contributed by atoms with Crippen molar-refractivity contribution in [3.63, 3.8) is 0 Å². The molecule has 17 heavy (non-hydrogen) atoms. The molecule has 0 unspecified atom stereocenters. The second-order valence-electron chi connectivity index (χ2n) is 5.09. The predicted molar refractivity (Wildman–Crippen MR) is 64.1 cm³/mol. The Morgan fingerprint density at radius 1 is 1.41 bits per heavy atom. The summed E-state index contributed by atoms with van der Waals surface area (Å²) in [4.78, 5) is 14.8. The molecule has 1 fully saturated rings. The topological polar surface area (TPSA) is 73.3 Å². The van der Waals surface area contributed by atoms with E-state index in [2.05, 4.69) is 4.98 Å². The molecular weight excluding hydrogens is 218 g/mol. The number of rotatable bonds is 2. The number of carbonyl (C=O) groups is 1. The first kappa shape index (κ1) is 12.2. The van der Waals surface area contributed by atoms with E-state index in [-0.39, 0.29) is 6.10 Å². The van der Waals surface area contributed by atoms with Gasteiger partial charge in [0.15, 0.2) is 0 Å². The summed E-state index contributed by atoms with van der Waals surface area (Å²) in [5, 5.41) is 19.2. The molecule has 1 aliphatic carbocycles. The Morgan fingerprint density at radius 3 is 2.41 bits per heavy atom. The lowest BCUT2D eigenvalue weighted by molar-refractivity contribution is -0.146. The van der Waals surface area contributed by atoms with Crippen molar-refractivity contribution in [1.29, 1.82) is 0 Å². The molecule has 1 heterocycles. The molecule has 0 aromatic carbocycles. The molecule has 0 atom stereocenters. The van der Waals surface area contributed by atoms with Gasteiger partial charge >= 0.3 is 5.97 Å². The van der Waals surface area contributed by atoms with Gasteiger partial charge in [0.05, 0.1) is 11.5 Å². The van der Waals surface area contributed by atoms with Crippen LogP contribution in [0.5, 0.6) is 0 Å². The van der Waals surface area contributed by atoms with Crippen LogP contribution in [0.4, 0.5) is 0 Å². The van der Waals surface area contributed by atoms with Gasteiger partial charge in [-0.1, -0.05) is 0 Å². The standard InChI is InChI=1S/C13H19NO3/c1-8-7-14-9(2)11(8)13(12(16)17)5-3-10(15)4-6-13/h7,10,14-15H,3-6H2,1-2H3,(H,16,17). The second-order valence-corrected chi connectivity index (χ2v) is 5.09. The van der Waals surface area contributed by atoms with Gasteiger partial charge in [0.2, 0.25) is 0 Å². The van der Waals surface area contributed by atoms with Crippen LogP contribution in [0, 0.1) is 13.8 Å². The number of H-pyrrole nitrogens is 1. The molecule has 4 heteroatoms. The molecular formula is C13H19NO3. The van der Waals surface area contributed by atoms with Crippen molar-refractivity contribution in [2.24, 2.45) is 0 Å². The molecule has 4 nitrogen and oxygen atoms in total. The van der Waals surface area contributed by atoms with Crippen LogP contribution >= 0.6 is 0 Å². The molecule has 0 bridgehead atoms. The summed E-state index contributed by atoms with van der Waals surface area (Å²) < 4.78 is 0. The lowest BCUT2D eigenvalue weighted by Gasteiger charge is -2.36. The summed E-state index contributed by atoms with van der Waals surface area (Å²) in [5.74, 6) is -0.768. The fraction of sp³-hybridized carbons (Fsp3) is 0.615. The minimum atomic E-state index is -0.812. The Morgan fingerprint density at radius 2 is 2.00 bits per heavy atom. The fourth-order valence-electron chi connectivity index (χ4n) is 3.06. The van der Waals surface area contributed by atoms with Crippen molar-refractivity contribution in [2.75, 3.05) is 0 Å². The number of aliphatic carboxylic acids is 1. The maximum Gasteiger partial charge on any atom is 0.314 e. The number of aromatic amines is 1. The molecule has 1 aliphatic rings. The number of hydrogen-bond acceptors (Lipinski definition) is 2. The fourth-order valence-corrected chi connectivity index (χ4v) is 3.06. The van der Waals surface area contributed by atoms with Crippen molar-refractivity contribution in [3.05, 3.63) is 23.0 Å². The largest absolute Gasteiger partial charge is 0.481 e. The minimum Gasteiger partial charge on any atom is -0.481 e. The molecule has 1 aromatic heterocycles. The van der Waals surface area contributed by atoms with Gasteiger partial charge < -0.3 is 15.2 Å². The number of nitrogens with one attached hydrogen (secondary N) is 1. The van der Waals surface area contributed by atoms with Gasteiger partial charge in [-0.15, -0.1) is 0 Å². The Labute approximate surface area is 101 Å². The predicted octanol–water partition coefficient (Wildman–Crippen LogP) is 1.89. The summed E-state index contributed by atoms with van der Waals surface area (Å²) in [6, 6.07) is 0. The zero-order valence-electron chi connectivity index (χ0n) is 10.3. The second kappa shape index (κ2) is 4.18. The third kappa shape index (κ3) is 1.86. The molecule has 0 aliphatic heterocycles. The summed E-state index contributed by atoms with van der Waals surface area (Å²) >= 11 is 0. The highest BCUT2D eigenvalue weighted by atomic mass is 16.4. The van der Waals surface area contributed by atoms with Gasteiger partial charge in [0.1, 0.15) is 0 Å². The van der Waals surface area contributed by atoms with Gasteiger partial charge in [-0.3, -0.25) is 4.79 Å². The average Bonchev–Trinajstić information content (AvgIpc) is 2.61. The highest BCUT2D eigenvalue weighted by Crippen LogP contribution is 2.42. The highest BCUT2D eigenvalue weighted by molar-refractivity contribution is 5.82. The summed E-state index contributed by atoms with van der Waals surface area (Å²) in [6.07, 6.45) is 3.68. The zero-order valence-corrected chi connectivity index (χ0v) is 10.3.